The van der Waals surface area contributed by atoms with E-state index in [2.05, 4.69) is 10.2 Å². The molecule has 136 valence electrons. The summed E-state index contributed by atoms with van der Waals surface area (Å²) in [4.78, 5) is 14.9. The van der Waals surface area contributed by atoms with E-state index in [-0.39, 0.29) is 11.9 Å². The van der Waals surface area contributed by atoms with Gasteiger partial charge in [-0.15, -0.1) is 0 Å². The number of aryl methyl sites for hydroxylation is 1. The minimum atomic E-state index is -0.452. The quantitative estimate of drug-likeness (QED) is 0.830. The van der Waals surface area contributed by atoms with E-state index in [0.717, 1.165) is 42.4 Å². The number of hydrogen-bond donors (Lipinski definition) is 2. The van der Waals surface area contributed by atoms with E-state index in [1.807, 2.05) is 42.1 Å². The number of fused-ring (bicyclic) bond motifs is 1. The number of aliphatic hydroxyl groups excluding tert-OH is 1. The number of nitrogens with one attached hydrogen (secondary N) is 1. The highest BCUT2D eigenvalue weighted by Gasteiger charge is 2.23. The van der Waals surface area contributed by atoms with Gasteiger partial charge in [0.05, 0.1) is 12.7 Å². The summed E-state index contributed by atoms with van der Waals surface area (Å²) in [7, 11) is 3.58. The van der Waals surface area contributed by atoms with Crippen LogP contribution in [-0.2, 0) is 11.8 Å². The van der Waals surface area contributed by atoms with Gasteiger partial charge < -0.3 is 24.6 Å². The molecule has 1 unspecified atom stereocenters. The third-order valence-corrected chi connectivity index (χ3v) is 4.92. The number of amides is 1. The van der Waals surface area contributed by atoms with Gasteiger partial charge in [0.1, 0.15) is 0 Å². The summed E-state index contributed by atoms with van der Waals surface area (Å²) >= 11 is 0. The van der Waals surface area contributed by atoms with Gasteiger partial charge in [-0.1, -0.05) is 6.07 Å². The Morgan fingerprint density at radius 3 is 2.84 bits per heavy atom. The maximum absolute atomic E-state index is 12.7. The molecule has 1 atom stereocenters. The average Bonchev–Trinajstić information content (AvgIpc) is 2.98. The first kappa shape index (κ1) is 17.9. The molecule has 1 aliphatic rings. The second-order valence-electron chi connectivity index (χ2n) is 6.82. The number of carbonyl (C=O) groups is 1. The third kappa shape index (κ3) is 4.21. The number of methoxy groups -OCH3 is 1. The van der Waals surface area contributed by atoms with Crippen molar-refractivity contribution in [3.8, 4) is 0 Å². The molecule has 2 N–H and O–H groups in total. The smallest absolute Gasteiger partial charge is 0.252 e. The van der Waals surface area contributed by atoms with E-state index in [4.69, 9.17) is 4.74 Å². The Kier molecular flexibility index (Phi) is 5.73. The highest BCUT2D eigenvalue weighted by molar-refractivity contribution is 6.06. The minimum absolute atomic E-state index is 0.00494. The second-order valence-corrected chi connectivity index (χ2v) is 6.82. The van der Waals surface area contributed by atoms with Gasteiger partial charge in [-0.2, -0.15) is 0 Å². The van der Waals surface area contributed by atoms with Gasteiger partial charge in [-0.25, -0.2) is 0 Å². The number of likely N-dealkylation sites (tertiary alicyclic amines) is 1. The number of piperidine rings is 1. The van der Waals surface area contributed by atoms with E-state index in [1.54, 1.807) is 7.11 Å². The molecule has 1 aromatic heterocycles. The molecular formula is C19H27N3O3. The lowest BCUT2D eigenvalue weighted by atomic mass is 10.0. The molecular weight excluding hydrogens is 318 g/mol. The summed E-state index contributed by atoms with van der Waals surface area (Å²) < 4.78 is 6.99. The lowest BCUT2D eigenvalue weighted by Crippen LogP contribution is -2.47. The monoisotopic (exact) mass is 345 g/mol. The Morgan fingerprint density at radius 1 is 1.36 bits per heavy atom. The number of aliphatic hydroxyl groups is 1. The fourth-order valence-corrected chi connectivity index (χ4v) is 3.57. The van der Waals surface area contributed by atoms with Crippen molar-refractivity contribution in [3.63, 3.8) is 0 Å². The van der Waals surface area contributed by atoms with Crippen LogP contribution in [-0.4, -0.2) is 66.0 Å². The number of aromatic nitrogens is 1. The van der Waals surface area contributed by atoms with Crippen LogP contribution in [0.15, 0.2) is 30.5 Å². The zero-order chi connectivity index (χ0) is 17.8. The van der Waals surface area contributed by atoms with Gasteiger partial charge >= 0.3 is 0 Å². The van der Waals surface area contributed by atoms with Crippen LogP contribution in [0, 0.1) is 0 Å². The number of β-amino-alcohol motifs (C(OH)–C–C–N with tert-alkyl or cyclic N) is 1. The fraction of sp³-hybridized carbons (Fsp3) is 0.526. The molecule has 0 spiro atoms. The van der Waals surface area contributed by atoms with Crippen molar-refractivity contribution in [2.45, 2.75) is 25.0 Å². The van der Waals surface area contributed by atoms with E-state index >= 15 is 0 Å². The standard InChI is InChI=1S/C19H27N3O3/c1-21-9-8-16-17(4-3-5-18(16)21)19(24)20-14-6-10-22(11-7-14)12-15(23)13-25-2/h3-5,8-9,14-15,23H,6-7,10-13H2,1-2H3,(H,20,24). The van der Waals surface area contributed by atoms with Crippen LogP contribution in [0.4, 0.5) is 0 Å². The van der Waals surface area contributed by atoms with E-state index in [1.165, 1.54) is 0 Å². The summed E-state index contributed by atoms with van der Waals surface area (Å²) in [6, 6.07) is 8.01. The van der Waals surface area contributed by atoms with Crippen LogP contribution in [0.5, 0.6) is 0 Å². The molecule has 2 heterocycles. The maximum atomic E-state index is 12.7. The molecule has 25 heavy (non-hydrogen) atoms. The Morgan fingerprint density at radius 2 is 2.12 bits per heavy atom. The molecule has 0 saturated carbocycles. The van der Waals surface area contributed by atoms with E-state index in [9.17, 15) is 9.90 Å². The molecule has 2 aromatic rings. The van der Waals surface area contributed by atoms with Gasteiger partial charge in [0.15, 0.2) is 0 Å². The molecule has 0 radical (unpaired) electrons. The van der Waals surface area contributed by atoms with Crippen LogP contribution in [0.1, 0.15) is 23.2 Å². The van der Waals surface area contributed by atoms with Crippen molar-refractivity contribution >= 4 is 16.8 Å². The van der Waals surface area contributed by atoms with Gasteiger partial charge in [0, 0.05) is 62.5 Å². The maximum Gasteiger partial charge on any atom is 0.252 e. The largest absolute Gasteiger partial charge is 0.389 e. The van der Waals surface area contributed by atoms with Crippen LogP contribution >= 0.6 is 0 Å². The van der Waals surface area contributed by atoms with Gasteiger partial charge in [-0.05, 0) is 31.0 Å². The predicted molar refractivity (Wildman–Crippen MR) is 97.7 cm³/mol. The van der Waals surface area contributed by atoms with Crippen molar-refractivity contribution in [1.82, 2.24) is 14.8 Å². The summed E-state index contributed by atoms with van der Waals surface area (Å²) in [6.07, 6.45) is 3.32. The number of benzene rings is 1. The first-order valence-corrected chi connectivity index (χ1v) is 8.82. The minimum Gasteiger partial charge on any atom is -0.389 e. The summed E-state index contributed by atoms with van der Waals surface area (Å²) in [6.45, 7) is 2.73. The highest BCUT2D eigenvalue weighted by Crippen LogP contribution is 2.20. The zero-order valence-electron chi connectivity index (χ0n) is 14.9. The Labute approximate surface area is 148 Å². The molecule has 1 amide bonds. The summed E-state index contributed by atoms with van der Waals surface area (Å²) in [5.74, 6) is -0.00494. The second kappa shape index (κ2) is 7.99. The number of carbonyl (C=O) groups excluding carboxylic acids is 1. The van der Waals surface area contributed by atoms with Crippen molar-refractivity contribution in [1.29, 1.82) is 0 Å². The first-order valence-electron chi connectivity index (χ1n) is 8.82. The summed E-state index contributed by atoms with van der Waals surface area (Å²) in [5.41, 5.74) is 1.80. The third-order valence-electron chi connectivity index (χ3n) is 4.92. The molecule has 1 aliphatic heterocycles. The molecule has 0 bridgehead atoms. The van der Waals surface area contributed by atoms with Crippen molar-refractivity contribution in [3.05, 3.63) is 36.0 Å². The van der Waals surface area contributed by atoms with Gasteiger partial charge in [0.25, 0.3) is 5.91 Å². The Balaban J connectivity index is 1.56. The normalized spacial score (nSPS) is 17.7. The molecule has 1 aromatic carbocycles. The van der Waals surface area contributed by atoms with Crippen LogP contribution < -0.4 is 5.32 Å². The number of hydrogen-bond acceptors (Lipinski definition) is 4. The fourth-order valence-electron chi connectivity index (χ4n) is 3.57. The van der Waals surface area contributed by atoms with Crippen molar-refractivity contribution in [2.24, 2.45) is 7.05 Å². The number of ether oxygens (including phenoxy) is 1. The Hall–Kier alpha value is -1.89. The lowest BCUT2D eigenvalue weighted by molar-refractivity contribution is 0.0309. The van der Waals surface area contributed by atoms with E-state index < -0.39 is 6.10 Å². The van der Waals surface area contributed by atoms with Crippen molar-refractivity contribution in [2.75, 3.05) is 33.4 Å². The number of rotatable bonds is 6. The topological polar surface area (TPSA) is 66.7 Å². The molecule has 3 rings (SSSR count). The molecule has 0 aliphatic carbocycles. The molecule has 1 saturated heterocycles. The van der Waals surface area contributed by atoms with Crippen molar-refractivity contribution < 1.29 is 14.6 Å². The van der Waals surface area contributed by atoms with Gasteiger partial charge in [-0.3, -0.25) is 4.79 Å². The predicted octanol–water partition coefficient (Wildman–Crippen LogP) is 1.38. The summed E-state index contributed by atoms with van der Waals surface area (Å²) in [5, 5.41) is 14.0. The average molecular weight is 345 g/mol. The van der Waals surface area contributed by atoms with Crippen LogP contribution in [0.25, 0.3) is 10.9 Å². The first-order chi connectivity index (χ1) is 12.1. The SMILES string of the molecule is COCC(O)CN1CCC(NC(=O)c2cccc3c2ccn3C)CC1. The highest BCUT2D eigenvalue weighted by atomic mass is 16.5. The van der Waals surface area contributed by atoms with Crippen LogP contribution in [0.3, 0.4) is 0 Å². The van der Waals surface area contributed by atoms with E-state index in [0.29, 0.717) is 13.2 Å². The molecule has 6 heteroatoms. The Bertz CT molecular complexity index is 720. The van der Waals surface area contributed by atoms with Gasteiger partial charge in [0.2, 0.25) is 0 Å². The van der Waals surface area contributed by atoms with Crippen LogP contribution in [0.2, 0.25) is 0 Å². The zero-order valence-corrected chi connectivity index (χ0v) is 14.9. The lowest BCUT2D eigenvalue weighted by Gasteiger charge is -2.33. The number of nitrogens with zero attached hydrogens (tertiary/aromatic N) is 2. The molecule has 6 nitrogen and oxygen atoms in total. The molecule has 1 fully saturated rings.